The quantitative estimate of drug-likeness (QED) is 0.186. The third kappa shape index (κ3) is 4.91. The maximum Gasteiger partial charge on any atom is 0.379 e. The molecule has 1 aliphatic heterocycles. The van der Waals surface area contributed by atoms with Crippen molar-refractivity contribution in [1.82, 2.24) is 0 Å². The largest absolute Gasteiger partial charge is 0.490 e. The average Bonchev–Trinajstić information content (AvgIpc) is 3.24. The fraction of sp³-hybridized carbons (Fsp3) is 0.200. The van der Waals surface area contributed by atoms with Crippen molar-refractivity contribution < 1.29 is 28.2 Å². The summed E-state index contributed by atoms with van der Waals surface area (Å²) in [5, 5.41) is 10.7. The number of allylic oxidation sites excluding steroid dienone is 1. The molecule has 2 heterocycles. The molecule has 9 heteroatoms. The van der Waals surface area contributed by atoms with Gasteiger partial charge in [-0.2, -0.15) is 5.26 Å². The fourth-order valence-corrected chi connectivity index (χ4v) is 4.99. The Kier molecular flexibility index (Phi) is 7.22. The van der Waals surface area contributed by atoms with E-state index in [1.54, 1.807) is 31.2 Å². The van der Waals surface area contributed by atoms with Gasteiger partial charge in [0.15, 0.2) is 11.5 Å². The number of nitrogens with two attached hydrogens (primary N) is 1. The Bertz CT molecular complexity index is 1670. The highest BCUT2D eigenvalue weighted by Crippen LogP contribution is 2.45. The summed E-state index contributed by atoms with van der Waals surface area (Å²) < 4.78 is 29.6. The van der Waals surface area contributed by atoms with Gasteiger partial charge in [0.25, 0.3) is 0 Å². The lowest BCUT2D eigenvalue weighted by Crippen LogP contribution is -2.21. The van der Waals surface area contributed by atoms with Crippen molar-refractivity contribution in [2.45, 2.75) is 26.7 Å². The first-order valence-electron chi connectivity index (χ1n) is 12.4. The molecule has 0 amide bonds. The van der Waals surface area contributed by atoms with Crippen LogP contribution < -0.4 is 24.7 Å². The van der Waals surface area contributed by atoms with Crippen LogP contribution in [0.1, 0.15) is 47.0 Å². The van der Waals surface area contributed by atoms with Crippen LogP contribution in [0.25, 0.3) is 11.0 Å². The van der Waals surface area contributed by atoms with Gasteiger partial charge >= 0.3 is 5.97 Å². The molecule has 2 N–H and O–H groups in total. The second-order valence-corrected chi connectivity index (χ2v) is 9.70. The number of hydrogen-bond acceptors (Lipinski definition) is 8. The van der Waals surface area contributed by atoms with Gasteiger partial charge in [-0.3, -0.25) is 0 Å². The number of aryl methyl sites for hydroxylation is 1. The fourth-order valence-electron chi connectivity index (χ4n) is 4.63. The standard InChI is InChI=1S/C30H25BrN2O6/c1-4-35-24-10-6-17(12-26(24)36-5-2)27-20-9-8-19(14-25(20)39-29(33)22(27)15-32)37-30(34)28-16(3)21-13-18(31)7-11-23(21)38-28/h6-14,27H,4-5,33H2,1-3H3. The molecule has 198 valence electrons. The van der Waals surface area contributed by atoms with Crippen LogP contribution in [0, 0.1) is 18.3 Å². The summed E-state index contributed by atoms with van der Waals surface area (Å²) in [4.78, 5) is 13.0. The molecule has 0 saturated carbocycles. The molecule has 0 aliphatic carbocycles. The molecule has 1 unspecified atom stereocenters. The van der Waals surface area contributed by atoms with E-state index in [1.165, 1.54) is 0 Å². The number of furan rings is 1. The Labute approximate surface area is 233 Å². The van der Waals surface area contributed by atoms with Crippen molar-refractivity contribution in [1.29, 1.82) is 5.26 Å². The smallest absolute Gasteiger partial charge is 0.379 e. The van der Waals surface area contributed by atoms with Crippen LogP contribution in [0.2, 0.25) is 0 Å². The molecule has 39 heavy (non-hydrogen) atoms. The molecule has 1 aromatic heterocycles. The van der Waals surface area contributed by atoms with Crippen molar-refractivity contribution in [3.8, 4) is 29.1 Å². The Morgan fingerprint density at radius 1 is 1.05 bits per heavy atom. The van der Waals surface area contributed by atoms with Crippen molar-refractivity contribution in [3.05, 3.63) is 93.0 Å². The average molecular weight is 589 g/mol. The number of carbonyl (C=O) groups is 1. The summed E-state index contributed by atoms with van der Waals surface area (Å²) in [6.07, 6.45) is 0. The van der Waals surface area contributed by atoms with Gasteiger partial charge in [-0.15, -0.1) is 0 Å². The van der Waals surface area contributed by atoms with E-state index in [0.29, 0.717) is 47.2 Å². The third-order valence-electron chi connectivity index (χ3n) is 6.39. The van der Waals surface area contributed by atoms with Crippen LogP contribution in [0.5, 0.6) is 23.0 Å². The van der Waals surface area contributed by atoms with E-state index >= 15 is 0 Å². The van der Waals surface area contributed by atoms with E-state index in [0.717, 1.165) is 15.4 Å². The molecule has 0 bridgehead atoms. The molecule has 4 aromatic rings. The van der Waals surface area contributed by atoms with E-state index in [-0.39, 0.29) is 23.0 Å². The SMILES string of the molecule is CCOc1ccc(C2C(C#N)=C(N)Oc3cc(OC(=O)c4oc5ccc(Br)cc5c4C)ccc32)cc1OCC. The van der Waals surface area contributed by atoms with Gasteiger partial charge in [-0.25, -0.2) is 4.79 Å². The monoisotopic (exact) mass is 588 g/mol. The topological polar surface area (TPSA) is 117 Å². The van der Waals surface area contributed by atoms with E-state index in [1.807, 2.05) is 44.2 Å². The van der Waals surface area contributed by atoms with Crippen molar-refractivity contribution >= 4 is 32.9 Å². The number of fused-ring (bicyclic) bond motifs is 2. The Morgan fingerprint density at radius 3 is 2.56 bits per heavy atom. The number of rotatable bonds is 7. The first-order chi connectivity index (χ1) is 18.8. The van der Waals surface area contributed by atoms with Crippen molar-refractivity contribution in [2.75, 3.05) is 13.2 Å². The minimum Gasteiger partial charge on any atom is -0.490 e. The number of nitriles is 1. The molecule has 0 saturated heterocycles. The lowest BCUT2D eigenvalue weighted by Gasteiger charge is -2.27. The molecular formula is C30H25BrN2O6. The summed E-state index contributed by atoms with van der Waals surface area (Å²) >= 11 is 3.44. The maximum absolute atomic E-state index is 13.0. The number of ether oxygens (including phenoxy) is 4. The first kappa shape index (κ1) is 26.2. The molecule has 3 aromatic carbocycles. The molecule has 1 atom stereocenters. The number of hydrogen-bond donors (Lipinski definition) is 1. The minimum atomic E-state index is -0.638. The molecular weight excluding hydrogens is 564 g/mol. The summed E-state index contributed by atoms with van der Waals surface area (Å²) in [6, 6.07) is 18.2. The third-order valence-corrected chi connectivity index (χ3v) is 6.88. The molecule has 8 nitrogen and oxygen atoms in total. The first-order valence-corrected chi connectivity index (χ1v) is 13.2. The maximum atomic E-state index is 13.0. The van der Waals surface area contributed by atoms with Gasteiger partial charge in [0.1, 0.15) is 28.7 Å². The minimum absolute atomic E-state index is 0.0240. The van der Waals surface area contributed by atoms with Crippen LogP contribution in [-0.2, 0) is 0 Å². The highest BCUT2D eigenvalue weighted by Gasteiger charge is 2.32. The van der Waals surface area contributed by atoms with E-state index < -0.39 is 11.9 Å². The van der Waals surface area contributed by atoms with Gasteiger partial charge < -0.3 is 29.1 Å². The Hall–Kier alpha value is -4.42. The summed E-state index contributed by atoms with van der Waals surface area (Å²) in [6.45, 7) is 6.53. The highest BCUT2D eigenvalue weighted by molar-refractivity contribution is 9.10. The van der Waals surface area contributed by atoms with E-state index in [9.17, 15) is 10.1 Å². The lowest BCUT2D eigenvalue weighted by molar-refractivity contribution is 0.0702. The van der Waals surface area contributed by atoms with E-state index in [2.05, 4.69) is 22.0 Å². The Balaban J connectivity index is 1.49. The number of nitrogens with zero attached hydrogens (tertiary/aromatic N) is 1. The molecule has 5 rings (SSSR count). The van der Waals surface area contributed by atoms with Crippen LogP contribution in [0.15, 0.2) is 74.9 Å². The van der Waals surface area contributed by atoms with Crippen LogP contribution >= 0.6 is 15.9 Å². The summed E-state index contributed by atoms with van der Waals surface area (Å²) in [7, 11) is 0. The van der Waals surface area contributed by atoms with Crippen molar-refractivity contribution in [2.24, 2.45) is 5.73 Å². The Morgan fingerprint density at radius 2 is 1.82 bits per heavy atom. The molecule has 1 aliphatic rings. The zero-order valence-corrected chi connectivity index (χ0v) is 23.1. The number of carbonyl (C=O) groups excluding carboxylic acids is 1. The predicted molar refractivity (Wildman–Crippen MR) is 148 cm³/mol. The zero-order chi connectivity index (χ0) is 27.7. The van der Waals surface area contributed by atoms with Gasteiger partial charge in [-0.1, -0.05) is 28.1 Å². The summed E-state index contributed by atoms with van der Waals surface area (Å²) in [5.41, 5.74) is 9.18. The van der Waals surface area contributed by atoms with E-state index in [4.69, 9.17) is 29.1 Å². The molecule has 0 radical (unpaired) electrons. The highest BCUT2D eigenvalue weighted by atomic mass is 79.9. The van der Waals surface area contributed by atoms with Gasteiger partial charge in [0.05, 0.1) is 19.1 Å². The summed E-state index contributed by atoms with van der Waals surface area (Å²) in [5.74, 6) is 0.733. The number of esters is 1. The second-order valence-electron chi connectivity index (χ2n) is 8.78. The molecule has 0 fully saturated rings. The lowest BCUT2D eigenvalue weighted by atomic mass is 9.83. The van der Waals surface area contributed by atoms with Crippen LogP contribution in [0.3, 0.4) is 0 Å². The van der Waals surface area contributed by atoms with Crippen LogP contribution in [0.4, 0.5) is 0 Å². The van der Waals surface area contributed by atoms with Crippen molar-refractivity contribution in [3.63, 3.8) is 0 Å². The zero-order valence-electron chi connectivity index (χ0n) is 21.5. The van der Waals surface area contributed by atoms with Gasteiger partial charge in [0, 0.05) is 27.1 Å². The van der Waals surface area contributed by atoms with Crippen LogP contribution in [-0.4, -0.2) is 19.2 Å². The van der Waals surface area contributed by atoms with Gasteiger partial charge in [0.2, 0.25) is 11.6 Å². The predicted octanol–water partition coefficient (Wildman–Crippen LogP) is 6.74. The molecule has 0 spiro atoms. The number of benzene rings is 3. The van der Waals surface area contributed by atoms with Gasteiger partial charge in [-0.05, 0) is 62.7 Å². The normalized spacial score (nSPS) is 14.4. The number of halogens is 1. The second kappa shape index (κ2) is 10.8.